The van der Waals surface area contributed by atoms with Crippen molar-refractivity contribution in [3.05, 3.63) is 11.4 Å². The van der Waals surface area contributed by atoms with Crippen molar-refractivity contribution < 1.29 is 18.0 Å². The van der Waals surface area contributed by atoms with Gasteiger partial charge in [-0.3, -0.25) is 9.89 Å². The second kappa shape index (κ2) is 4.99. The van der Waals surface area contributed by atoms with E-state index >= 15 is 0 Å². The zero-order valence-electron chi connectivity index (χ0n) is 11.3. The third kappa shape index (κ3) is 3.05. The first-order chi connectivity index (χ1) is 9.20. The van der Waals surface area contributed by atoms with Crippen molar-refractivity contribution in [3.8, 4) is 0 Å². The highest BCUT2D eigenvalue weighted by Gasteiger charge is 2.37. The average Bonchev–Trinajstić information content (AvgIpc) is 3.08. The van der Waals surface area contributed by atoms with Crippen LogP contribution < -0.4 is 5.73 Å². The Hall–Kier alpha value is -1.73. The predicted octanol–water partition coefficient (Wildman–Crippen LogP) is 2.28. The van der Waals surface area contributed by atoms with Crippen molar-refractivity contribution in [2.75, 3.05) is 12.3 Å². The quantitative estimate of drug-likeness (QED) is 0.893. The molecule has 0 aliphatic heterocycles. The number of halogens is 3. The Morgan fingerprint density at radius 2 is 2.10 bits per heavy atom. The predicted molar refractivity (Wildman–Crippen MR) is 67.2 cm³/mol. The van der Waals surface area contributed by atoms with Crippen LogP contribution in [0.5, 0.6) is 0 Å². The van der Waals surface area contributed by atoms with Crippen LogP contribution in [-0.4, -0.2) is 39.8 Å². The molecule has 8 heteroatoms. The minimum atomic E-state index is -4.45. The van der Waals surface area contributed by atoms with Crippen LogP contribution in [0.15, 0.2) is 0 Å². The highest BCUT2D eigenvalue weighted by Crippen LogP contribution is 2.42. The van der Waals surface area contributed by atoms with E-state index in [0.29, 0.717) is 5.69 Å². The van der Waals surface area contributed by atoms with Gasteiger partial charge in [0.25, 0.3) is 5.91 Å². The van der Waals surface area contributed by atoms with Crippen LogP contribution in [0.25, 0.3) is 0 Å². The molecule has 0 saturated heterocycles. The lowest BCUT2D eigenvalue weighted by Gasteiger charge is -2.27. The number of H-pyrrole nitrogens is 1. The Morgan fingerprint density at radius 3 is 2.55 bits per heavy atom. The molecule has 1 aromatic heterocycles. The molecule has 1 amide bonds. The van der Waals surface area contributed by atoms with Crippen molar-refractivity contribution in [1.82, 2.24) is 15.1 Å². The van der Waals surface area contributed by atoms with Gasteiger partial charge in [0.05, 0.1) is 11.4 Å². The van der Waals surface area contributed by atoms with Crippen molar-refractivity contribution in [2.45, 2.75) is 44.8 Å². The van der Waals surface area contributed by atoms with E-state index in [4.69, 9.17) is 5.73 Å². The number of nitrogens with two attached hydrogens (primary N) is 1. The molecular weight excluding hydrogens is 273 g/mol. The molecule has 1 heterocycles. The number of aromatic nitrogens is 2. The second-order valence-corrected chi connectivity index (χ2v) is 5.32. The molecule has 1 aromatic rings. The fraction of sp³-hybridized carbons (Fsp3) is 0.667. The number of rotatable bonds is 4. The lowest BCUT2D eigenvalue weighted by Crippen LogP contribution is -2.43. The van der Waals surface area contributed by atoms with Gasteiger partial charge in [-0.1, -0.05) is 0 Å². The first kappa shape index (κ1) is 14.7. The molecule has 0 bridgehead atoms. The lowest BCUT2D eigenvalue weighted by atomic mass is 10.2. The van der Waals surface area contributed by atoms with Gasteiger partial charge in [-0.05, 0) is 26.7 Å². The number of nitrogens with zero attached hydrogens (tertiary/aromatic N) is 2. The maximum Gasteiger partial charge on any atom is 0.406 e. The average molecular weight is 290 g/mol. The number of nitrogens with one attached hydrogen (secondary N) is 1. The summed E-state index contributed by atoms with van der Waals surface area (Å²) in [5.74, 6) is -0.544. The van der Waals surface area contributed by atoms with Gasteiger partial charge in [0.15, 0.2) is 5.69 Å². The van der Waals surface area contributed by atoms with Crippen molar-refractivity contribution >= 4 is 11.6 Å². The molecule has 0 radical (unpaired) electrons. The topological polar surface area (TPSA) is 75.0 Å². The Balaban J connectivity index is 2.23. The summed E-state index contributed by atoms with van der Waals surface area (Å²) in [4.78, 5) is 12.9. The Labute approximate surface area is 114 Å². The van der Waals surface area contributed by atoms with E-state index < -0.39 is 24.7 Å². The summed E-state index contributed by atoms with van der Waals surface area (Å²) >= 11 is 0. The molecule has 0 aromatic carbocycles. The first-order valence-corrected chi connectivity index (χ1v) is 6.42. The molecule has 0 unspecified atom stereocenters. The van der Waals surface area contributed by atoms with Crippen LogP contribution >= 0.6 is 0 Å². The van der Waals surface area contributed by atoms with Crippen molar-refractivity contribution in [3.63, 3.8) is 0 Å². The smallest absolute Gasteiger partial charge is 0.395 e. The van der Waals surface area contributed by atoms with Crippen LogP contribution in [-0.2, 0) is 0 Å². The van der Waals surface area contributed by atoms with Crippen molar-refractivity contribution in [1.29, 1.82) is 0 Å². The fourth-order valence-corrected chi connectivity index (χ4v) is 2.03. The summed E-state index contributed by atoms with van der Waals surface area (Å²) < 4.78 is 37.6. The molecule has 1 aliphatic carbocycles. The normalized spacial score (nSPS) is 15.7. The van der Waals surface area contributed by atoms with Crippen LogP contribution in [0.2, 0.25) is 0 Å². The number of alkyl halides is 3. The SMILES string of the molecule is CC(C)N(CC(F)(F)F)C(=O)c1n[nH]c(C2CC2)c1N. The van der Waals surface area contributed by atoms with Crippen LogP contribution in [0.3, 0.4) is 0 Å². The fourth-order valence-electron chi connectivity index (χ4n) is 2.03. The minimum Gasteiger partial charge on any atom is -0.395 e. The van der Waals surface area contributed by atoms with E-state index in [0.717, 1.165) is 17.7 Å². The molecule has 20 heavy (non-hydrogen) atoms. The van der Waals surface area contributed by atoms with Gasteiger partial charge in [0, 0.05) is 12.0 Å². The van der Waals surface area contributed by atoms with Gasteiger partial charge < -0.3 is 10.6 Å². The summed E-state index contributed by atoms with van der Waals surface area (Å²) in [6, 6.07) is -0.593. The third-order valence-corrected chi connectivity index (χ3v) is 3.26. The number of nitrogen functional groups attached to an aromatic ring is 1. The summed E-state index contributed by atoms with van der Waals surface area (Å²) in [5.41, 5.74) is 6.53. The van der Waals surface area contributed by atoms with E-state index in [1.807, 2.05) is 0 Å². The monoisotopic (exact) mass is 290 g/mol. The van der Waals surface area contributed by atoms with Crippen LogP contribution in [0, 0.1) is 0 Å². The third-order valence-electron chi connectivity index (χ3n) is 3.26. The number of aromatic amines is 1. The van der Waals surface area contributed by atoms with E-state index in [1.165, 1.54) is 13.8 Å². The summed E-state index contributed by atoms with van der Waals surface area (Å²) in [5, 5.41) is 6.47. The highest BCUT2D eigenvalue weighted by atomic mass is 19.4. The number of amides is 1. The molecule has 1 aliphatic rings. The largest absolute Gasteiger partial charge is 0.406 e. The molecule has 0 spiro atoms. The second-order valence-electron chi connectivity index (χ2n) is 5.32. The van der Waals surface area contributed by atoms with Crippen LogP contribution in [0.1, 0.15) is 48.8 Å². The molecule has 1 saturated carbocycles. The van der Waals surface area contributed by atoms with E-state index in [2.05, 4.69) is 10.2 Å². The zero-order chi connectivity index (χ0) is 15.1. The number of hydrogen-bond acceptors (Lipinski definition) is 3. The maximum atomic E-state index is 12.5. The highest BCUT2D eigenvalue weighted by molar-refractivity contribution is 5.98. The van der Waals surface area contributed by atoms with Gasteiger partial charge in [-0.25, -0.2) is 0 Å². The van der Waals surface area contributed by atoms with Gasteiger partial charge in [0.2, 0.25) is 0 Å². The Morgan fingerprint density at radius 1 is 1.50 bits per heavy atom. The number of carbonyl (C=O) groups is 1. The van der Waals surface area contributed by atoms with Gasteiger partial charge in [-0.2, -0.15) is 18.3 Å². The molecule has 112 valence electrons. The summed E-state index contributed by atoms with van der Waals surface area (Å²) in [6.45, 7) is 1.73. The van der Waals surface area contributed by atoms with E-state index in [1.54, 1.807) is 0 Å². The molecular formula is C12H17F3N4O. The van der Waals surface area contributed by atoms with Crippen molar-refractivity contribution in [2.24, 2.45) is 0 Å². The molecule has 0 atom stereocenters. The number of hydrogen-bond donors (Lipinski definition) is 2. The summed E-state index contributed by atoms with van der Waals surface area (Å²) in [6.07, 6.45) is -2.54. The van der Waals surface area contributed by atoms with Gasteiger partial charge in [-0.15, -0.1) is 0 Å². The molecule has 1 fully saturated rings. The van der Waals surface area contributed by atoms with Gasteiger partial charge in [0.1, 0.15) is 6.54 Å². The Bertz CT molecular complexity index is 505. The summed E-state index contributed by atoms with van der Waals surface area (Å²) in [7, 11) is 0. The standard InChI is InChI=1S/C12H17F3N4O/c1-6(2)19(5-12(13,14)15)11(20)10-8(16)9(17-18-10)7-3-4-7/h6-7H,3-5,16H2,1-2H3,(H,17,18). The maximum absolute atomic E-state index is 12.5. The lowest BCUT2D eigenvalue weighted by molar-refractivity contribution is -0.143. The number of anilines is 1. The van der Waals surface area contributed by atoms with Crippen LogP contribution in [0.4, 0.5) is 18.9 Å². The van der Waals surface area contributed by atoms with E-state index in [9.17, 15) is 18.0 Å². The molecule has 2 rings (SSSR count). The van der Waals surface area contributed by atoms with Gasteiger partial charge >= 0.3 is 6.18 Å². The molecule has 5 nitrogen and oxygen atoms in total. The Kier molecular flexibility index (Phi) is 3.66. The first-order valence-electron chi connectivity index (χ1n) is 6.42. The number of carbonyl (C=O) groups excluding carboxylic acids is 1. The minimum absolute atomic E-state index is 0.121. The molecule has 3 N–H and O–H groups in total. The van der Waals surface area contributed by atoms with E-state index in [-0.39, 0.29) is 17.3 Å². The zero-order valence-corrected chi connectivity index (χ0v) is 11.3.